The van der Waals surface area contributed by atoms with Crippen molar-refractivity contribution in [3.63, 3.8) is 0 Å². The van der Waals surface area contributed by atoms with Gasteiger partial charge in [0, 0.05) is 18.2 Å². The van der Waals surface area contributed by atoms with Gasteiger partial charge in [0.1, 0.15) is 24.7 Å². The number of guanidine groups is 1. The minimum Gasteiger partial charge on any atom is -0.492 e. The van der Waals surface area contributed by atoms with Crippen molar-refractivity contribution in [2.24, 2.45) is 4.99 Å². The van der Waals surface area contributed by atoms with Gasteiger partial charge in [-0.15, -0.1) is 24.0 Å². The lowest BCUT2D eigenvalue weighted by Crippen LogP contribution is -2.39. The molecule has 0 saturated carbocycles. The van der Waals surface area contributed by atoms with E-state index < -0.39 is 9.84 Å². The summed E-state index contributed by atoms with van der Waals surface area (Å²) in [5.41, 5.74) is -0.0887. The first-order valence-electron chi connectivity index (χ1n) is 9.50. The molecule has 0 aliphatic rings. The topological polar surface area (TPSA) is 106 Å². The molecule has 0 atom stereocenters. The smallest absolute Gasteiger partial charge is 0.216 e. The molecule has 1 heterocycles. The first-order valence-corrected chi connectivity index (χ1v) is 11.4. The van der Waals surface area contributed by atoms with E-state index >= 15 is 0 Å². The number of benzene rings is 1. The van der Waals surface area contributed by atoms with E-state index in [2.05, 4.69) is 41.4 Å². The summed E-state index contributed by atoms with van der Waals surface area (Å²) in [6.07, 6.45) is 2.92. The van der Waals surface area contributed by atoms with E-state index in [0.717, 1.165) is 12.3 Å². The number of oxazole rings is 1. The van der Waals surface area contributed by atoms with Gasteiger partial charge in [-0.3, -0.25) is 0 Å². The number of aromatic nitrogens is 1. The maximum absolute atomic E-state index is 11.5. The molecule has 2 rings (SSSR count). The summed E-state index contributed by atoms with van der Waals surface area (Å²) in [7, 11) is -3.20. The second kappa shape index (κ2) is 11.5. The molecule has 0 fully saturated rings. The minimum atomic E-state index is -3.20. The fraction of sp³-hybridized carbons (Fsp3) is 0.500. The first kappa shape index (κ1) is 26.2. The van der Waals surface area contributed by atoms with Crippen LogP contribution in [0.15, 0.2) is 44.8 Å². The lowest BCUT2D eigenvalue weighted by molar-refractivity contribution is 0.321. The summed E-state index contributed by atoms with van der Waals surface area (Å²) in [6, 6.07) is 6.35. The summed E-state index contributed by atoms with van der Waals surface area (Å²) < 4.78 is 34.3. The van der Waals surface area contributed by atoms with E-state index in [0.29, 0.717) is 37.3 Å². The van der Waals surface area contributed by atoms with Crippen LogP contribution < -0.4 is 15.4 Å². The molecule has 1 aromatic heterocycles. The van der Waals surface area contributed by atoms with Crippen LogP contribution in [0, 0.1) is 0 Å². The van der Waals surface area contributed by atoms with Gasteiger partial charge in [0.25, 0.3) is 0 Å². The maximum atomic E-state index is 11.5. The van der Waals surface area contributed by atoms with E-state index in [1.807, 2.05) is 6.92 Å². The Morgan fingerprint density at radius 2 is 1.87 bits per heavy atom. The molecular weight excluding hydrogens is 519 g/mol. The molecule has 0 aliphatic carbocycles. The fourth-order valence-electron chi connectivity index (χ4n) is 2.34. The van der Waals surface area contributed by atoms with Crippen LogP contribution in [0.3, 0.4) is 0 Å². The molecule has 2 N–H and O–H groups in total. The molecule has 2 aromatic rings. The fourth-order valence-corrected chi connectivity index (χ4v) is 2.97. The van der Waals surface area contributed by atoms with Crippen molar-refractivity contribution >= 4 is 39.8 Å². The Bertz CT molecular complexity index is 919. The average Bonchev–Trinajstić information content (AvgIpc) is 3.12. The average molecular weight is 550 g/mol. The van der Waals surface area contributed by atoms with E-state index in [4.69, 9.17) is 9.15 Å². The van der Waals surface area contributed by atoms with Crippen LogP contribution >= 0.6 is 24.0 Å². The van der Waals surface area contributed by atoms with Crippen LogP contribution in [0.1, 0.15) is 39.3 Å². The van der Waals surface area contributed by atoms with E-state index in [1.165, 1.54) is 18.4 Å². The normalized spacial score (nSPS) is 12.2. The number of sulfone groups is 1. The van der Waals surface area contributed by atoms with Crippen molar-refractivity contribution in [1.29, 1.82) is 0 Å². The van der Waals surface area contributed by atoms with Gasteiger partial charge in [0.05, 0.1) is 17.6 Å². The molecule has 0 bridgehead atoms. The number of halogens is 1. The summed E-state index contributed by atoms with van der Waals surface area (Å²) in [4.78, 5) is 9.03. The van der Waals surface area contributed by atoms with E-state index in [9.17, 15) is 8.42 Å². The highest BCUT2D eigenvalue weighted by Crippen LogP contribution is 2.22. The van der Waals surface area contributed by atoms with Gasteiger partial charge in [0.15, 0.2) is 15.8 Å². The Morgan fingerprint density at radius 1 is 1.20 bits per heavy atom. The van der Waals surface area contributed by atoms with Gasteiger partial charge < -0.3 is 19.8 Å². The van der Waals surface area contributed by atoms with Crippen LogP contribution in [-0.4, -0.2) is 45.3 Å². The molecular formula is C20H31IN4O4S. The van der Waals surface area contributed by atoms with Crippen LogP contribution in [-0.2, 0) is 21.8 Å². The zero-order chi connectivity index (χ0) is 21.5. The maximum Gasteiger partial charge on any atom is 0.216 e. The molecule has 0 unspecified atom stereocenters. The van der Waals surface area contributed by atoms with Crippen molar-refractivity contribution in [3.05, 3.63) is 42.1 Å². The highest BCUT2D eigenvalue weighted by Gasteiger charge is 2.19. The van der Waals surface area contributed by atoms with Crippen LogP contribution in [0.25, 0.3) is 0 Å². The second-order valence-corrected chi connectivity index (χ2v) is 9.60. The van der Waals surface area contributed by atoms with Crippen molar-refractivity contribution in [2.45, 2.75) is 44.6 Å². The predicted molar refractivity (Wildman–Crippen MR) is 128 cm³/mol. The molecule has 168 valence electrons. The molecule has 0 saturated heterocycles. The van der Waals surface area contributed by atoms with E-state index in [-0.39, 0.29) is 34.3 Å². The minimum absolute atomic E-state index is 0. The Morgan fingerprint density at radius 3 is 2.40 bits per heavy atom. The van der Waals surface area contributed by atoms with Crippen LogP contribution in [0.5, 0.6) is 5.75 Å². The van der Waals surface area contributed by atoms with Gasteiger partial charge in [0.2, 0.25) is 5.89 Å². The third-order valence-electron chi connectivity index (χ3n) is 3.92. The molecule has 10 heteroatoms. The summed E-state index contributed by atoms with van der Waals surface area (Å²) in [6.45, 7) is 10.2. The number of aliphatic imine (C=N–C) groups is 1. The van der Waals surface area contributed by atoms with Crippen LogP contribution in [0.4, 0.5) is 0 Å². The van der Waals surface area contributed by atoms with Gasteiger partial charge in [-0.25, -0.2) is 18.4 Å². The number of hydrogen-bond donors (Lipinski definition) is 2. The zero-order valence-electron chi connectivity index (χ0n) is 18.1. The number of hydrogen-bond acceptors (Lipinski definition) is 6. The molecule has 0 spiro atoms. The summed E-state index contributed by atoms with van der Waals surface area (Å²) >= 11 is 0. The van der Waals surface area contributed by atoms with Gasteiger partial charge in [-0.1, -0.05) is 20.8 Å². The summed E-state index contributed by atoms with van der Waals surface area (Å²) in [5.74, 6) is 2.64. The Balaban J connectivity index is 0.00000450. The largest absolute Gasteiger partial charge is 0.492 e. The lowest BCUT2D eigenvalue weighted by Gasteiger charge is -2.13. The number of ether oxygens (including phenoxy) is 1. The van der Waals surface area contributed by atoms with Crippen LogP contribution in [0.2, 0.25) is 0 Å². The van der Waals surface area contributed by atoms with Gasteiger partial charge >= 0.3 is 0 Å². The second-order valence-electron chi connectivity index (χ2n) is 7.58. The Hall–Kier alpha value is -1.82. The summed E-state index contributed by atoms with van der Waals surface area (Å²) in [5, 5.41) is 6.34. The Labute approximate surface area is 195 Å². The quantitative estimate of drug-likeness (QED) is 0.225. The first-order chi connectivity index (χ1) is 13.6. The monoisotopic (exact) mass is 550 g/mol. The van der Waals surface area contributed by atoms with Crippen molar-refractivity contribution < 1.29 is 17.6 Å². The predicted octanol–water partition coefficient (Wildman–Crippen LogP) is 3.13. The number of nitrogens with one attached hydrogen (secondary N) is 2. The highest BCUT2D eigenvalue weighted by molar-refractivity contribution is 14.0. The SMILES string of the molecule is CCNC(=NCc1ncc(C(C)(C)C)o1)NCCOc1ccc(S(C)(=O)=O)cc1.I. The number of nitrogens with zero attached hydrogens (tertiary/aromatic N) is 2. The molecule has 0 aliphatic heterocycles. The zero-order valence-corrected chi connectivity index (χ0v) is 21.2. The van der Waals surface area contributed by atoms with Gasteiger partial charge in [-0.2, -0.15) is 0 Å². The third-order valence-corrected chi connectivity index (χ3v) is 5.05. The Kier molecular flexibility index (Phi) is 10.1. The molecule has 8 nitrogen and oxygen atoms in total. The molecule has 0 radical (unpaired) electrons. The molecule has 1 aromatic carbocycles. The van der Waals surface area contributed by atoms with Crippen molar-refractivity contribution in [2.75, 3.05) is 26.0 Å². The highest BCUT2D eigenvalue weighted by atomic mass is 127. The number of rotatable bonds is 8. The standard InChI is InChI=1S/C20H30N4O4S.HI/c1-6-21-19(24-14-18-23-13-17(28-18)20(2,3)4)22-11-12-27-15-7-9-16(10-8-15)29(5,25)26;/h7-10,13H,6,11-12,14H2,1-5H3,(H2,21,22,24);1H. The van der Waals surface area contributed by atoms with Crippen molar-refractivity contribution in [3.8, 4) is 5.75 Å². The van der Waals surface area contributed by atoms with Crippen molar-refractivity contribution in [1.82, 2.24) is 15.6 Å². The third kappa shape index (κ3) is 8.50. The van der Waals surface area contributed by atoms with E-state index in [1.54, 1.807) is 18.3 Å². The molecule has 30 heavy (non-hydrogen) atoms. The lowest BCUT2D eigenvalue weighted by atomic mass is 9.94. The van der Waals surface area contributed by atoms with Gasteiger partial charge in [-0.05, 0) is 31.2 Å². The molecule has 0 amide bonds.